The van der Waals surface area contributed by atoms with Gasteiger partial charge >= 0.3 is 11.9 Å². The summed E-state index contributed by atoms with van der Waals surface area (Å²) in [6.07, 6.45) is 12.2. The highest BCUT2D eigenvalue weighted by Gasteiger charge is 2.57. The van der Waals surface area contributed by atoms with E-state index in [-0.39, 0.29) is 28.9 Å². The largest absolute Gasteiger partial charge is 0.462 e. The summed E-state index contributed by atoms with van der Waals surface area (Å²) in [4.78, 5) is 22.9. The summed E-state index contributed by atoms with van der Waals surface area (Å²) in [7, 11) is 0. The zero-order valence-corrected chi connectivity index (χ0v) is 18.3. The maximum Gasteiger partial charge on any atom is 0.308 e. The Hall–Kier alpha value is -1.84. The molecular weight excluding hydrogens is 364 g/mol. The van der Waals surface area contributed by atoms with Crippen LogP contribution in [0.4, 0.5) is 0 Å². The van der Waals surface area contributed by atoms with Crippen LogP contribution in [0.15, 0.2) is 35.6 Å². The summed E-state index contributed by atoms with van der Waals surface area (Å²) < 4.78 is 10.9. The summed E-state index contributed by atoms with van der Waals surface area (Å²) >= 11 is 0. The summed E-state index contributed by atoms with van der Waals surface area (Å²) in [6, 6.07) is 0. The third-order valence-corrected chi connectivity index (χ3v) is 8.54. The Morgan fingerprint density at radius 2 is 1.72 bits per heavy atom. The monoisotopic (exact) mass is 398 g/mol. The van der Waals surface area contributed by atoms with E-state index in [2.05, 4.69) is 32.6 Å². The minimum Gasteiger partial charge on any atom is -0.462 e. The van der Waals surface area contributed by atoms with Gasteiger partial charge in [-0.2, -0.15) is 0 Å². The van der Waals surface area contributed by atoms with Gasteiger partial charge in [-0.1, -0.05) is 38.2 Å². The second-order valence-corrected chi connectivity index (χ2v) is 10.1. The fourth-order valence-electron chi connectivity index (χ4n) is 7.19. The number of fused-ring (bicyclic) bond motifs is 5. The molecule has 4 aliphatic rings. The topological polar surface area (TPSA) is 52.6 Å². The van der Waals surface area contributed by atoms with Crippen LogP contribution in [-0.4, -0.2) is 18.0 Å². The van der Waals surface area contributed by atoms with Gasteiger partial charge < -0.3 is 9.47 Å². The van der Waals surface area contributed by atoms with Gasteiger partial charge in [0.05, 0.1) is 0 Å². The fourth-order valence-corrected chi connectivity index (χ4v) is 7.19. The van der Waals surface area contributed by atoms with Crippen molar-refractivity contribution >= 4 is 11.9 Å². The lowest BCUT2D eigenvalue weighted by molar-refractivity contribution is -0.148. The Kier molecular flexibility index (Phi) is 5.03. The molecule has 0 N–H and O–H groups in total. The number of hydrogen-bond donors (Lipinski definition) is 0. The number of esters is 2. The SMILES string of the molecule is C=C(OC(C)=O)C1=CC[C@H]2[C@@H]3CC=C4C[C@@H](OC(C)=O)CC[C@]4(C)[C@H]3CC[C@]12C. The van der Waals surface area contributed by atoms with E-state index >= 15 is 0 Å². The quantitative estimate of drug-likeness (QED) is 0.358. The van der Waals surface area contributed by atoms with Gasteiger partial charge in [0.2, 0.25) is 0 Å². The van der Waals surface area contributed by atoms with Gasteiger partial charge in [0.25, 0.3) is 0 Å². The van der Waals surface area contributed by atoms with Crippen molar-refractivity contribution in [3.63, 3.8) is 0 Å². The second-order valence-electron chi connectivity index (χ2n) is 10.1. The van der Waals surface area contributed by atoms with E-state index in [0.717, 1.165) is 44.1 Å². The van der Waals surface area contributed by atoms with Crippen molar-refractivity contribution in [1.82, 2.24) is 0 Å². The van der Waals surface area contributed by atoms with Crippen molar-refractivity contribution < 1.29 is 19.1 Å². The molecule has 0 aliphatic heterocycles. The lowest BCUT2D eigenvalue weighted by Gasteiger charge is -2.57. The molecule has 4 aliphatic carbocycles. The predicted octanol–water partition coefficient (Wildman–Crippen LogP) is 5.49. The number of carbonyl (C=O) groups excluding carboxylic acids is 2. The molecule has 29 heavy (non-hydrogen) atoms. The molecule has 0 bridgehead atoms. The minimum absolute atomic E-state index is 0.0454. The van der Waals surface area contributed by atoms with Crippen molar-refractivity contribution in [3.05, 3.63) is 35.6 Å². The molecule has 0 unspecified atom stereocenters. The average Bonchev–Trinajstić information content (AvgIpc) is 2.98. The molecule has 4 nitrogen and oxygen atoms in total. The number of rotatable bonds is 3. The van der Waals surface area contributed by atoms with Gasteiger partial charge in [-0.15, -0.1) is 0 Å². The van der Waals surface area contributed by atoms with Crippen molar-refractivity contribution in [2.75, 3.05) is 0 Å². The molecule has 0 aromatic rings. The van der Waals surface area contributed by atoms with E-state index in [0.29, 0.717) is 23.5 Å². The molecule has 0 amide bonds. The smallest absolute Gasteiger partial charge is 0.308 e. The fraction of sp³-hybridized carbons (Fsp3) is 0.680. The molecule has 2 fully saturated rings. The maximum atomic E-state index is 11.4. The van der Waals surface area contributed by atoms with Crippen molar-refractivity contribution in [2.45, 2.75) is 78.7 Å². The van der Waals surface area contributed by atoms with Crippen molar-refractivity contribution in [3.8, 4) is 0 Å². The van der Waals surface area contributed by atoms with Crippen molar-refractivity contribution in [2.24, 2.45) is 28.6 Å². The minimum atomic E-state index is -0.293. The Morgan fingerprint density at radius 3 is 2.41 bits per heavy atom. The van der Waals surface area contributed by atoms with Gasteiger partial charge in [0.1, 0.15) is 11.9 Å². The maximum absolute atomic E-state index is 11.4. The number of hydrogen-bond acceptors (Lipinski definition) is 4. The van der Waals surface area contributed by atoms with Gasteiger partial charge in [0.15, 0.2) is 0 Å². The summed E-state index contributed by atoms with van der Waals surface area (Å²) in [5.74, 6) is 1.98. The molecule has 4 rings (SSSR count). The van der Waals surface area contributed by atoms with Crippen LogP contribution in [0.3, 0.4) is 0 Å². The molecule has 6 atom stereocenters. The highest BCUT2D eigenvalue weighted by atomic mass is 16.5. The molecule has 0 saturated heterocycles. The molecule has 0 spiro atoms. The summed E-state index contributed by atoms with van der Waals surface area (Å²) in [5.41, 5.74) is 2.92. The van der Waals surface area contributed by atoms with Crippen molar-refractivity contribution in [1.29, 1.82) is 0 Å². The van der Waals surface area contributed by atoms with E-state index in [9.17, 15) is 9.59 Å². The van der Waals surface area contributed by atoms with Crippen LogP contribution >= 0.6 is 0 Å². The van der Waals surface area contributed by atoms with Gasteiger partial charge in [-0.05, 0) is 72.7 Å². The first-order valence-electron chi connectivity index (χ1n) is 11.1. The molecule has 0 aromatic heterocycles. The van der Waals surface area contributed by atoms with Crippen LogP contribution in [0.5, 0.6) is 0 Å². The number of carbonyl (C=O) groups is 2. The Labute approximate surface area is 174 Å². The summed E-state index contributed by atoms with van der Waals surface area (Å²) in [5, 5.41) is 0. The third kappa shape index (κ3) is 3.29. The molecule has 0 radical (unpaired) electrons. The van der Waals surface area contributed by atoms with Crippen LogP contribution in [0.2, 0.25) is 0 Å². The highest BCUT2D eigenvalue weighted by molar-refractivity contribution is 5.68. The second kappa shape index (κ2) is 7.14. The highest BCUT2D eigenvalue weighted by Crippen LogP contribution is 2.65. The first-order chi connectivity index (χ1) is 13.6. The third-order valence-electron chi connectivity index (χ3n) is 8.54. The Balaban J connectivity index is 1.55. The molecule has 4 heteroatoms. The van der Waals surface area contributed by atoms with E-state index in [1.807, 2.05) is 0 Å². The predicted molar refractivity (Wildman–Crippen MR) is 112 cm³/mol. The molecule has 2 saturated carbocycles. The van der Waals surface area contributed by atoms with Crippen LogP contribution in [0.25, 0.3) is 0 Å². The lowest BCUT2D eigenvalue weighted by Crippen LogP contribution is -2.50. The summed E-state index contributed by atoms with van der Waals surface area (Å²) in [6.45, 7) is 11.8. The van der Waals surface area contributed by atoms with Gasteiger partial charge in [0, 0.05) is 20.3 Å². The Bertz CT molecular complexity index is 806. The van der Waals surface area contributed by atoms with E-state index < -0.39 is 0 Å². The molecule has 0 aromatic carbocycles. The van der Waals surface area contributed by atoms with E-state index in [1.54, 1.807) is 0 Å². The van der Waals surface area contributed by atoms with E-state index in [1.165, 1.54) is 25.8 Å². The standard InChI is InChI=1S/C25H34O4/c1-15(28-16(2)26)21-8-9-22-20-7-6-18-14-19(29-17(3)27)10-12-24(18,4)23(20)11-13-25(21,22)5/h6,8,19-20,22-23H,1,7,9-14H2,2-5H3/t19-,20-,22-,23-,24-,25+/m0/s1. The first-order valence-corrected chi connectivity index (χ1v) is 11.1. The van der Waals surface area contributed by atoms with Crippen LogP contribution < -0.4 is 0 Å². The van der Waals surface area contributed by atoms with Gasteiger partial charge in [-0.3, -0.25) is 9.59 Å². The van der Waals surface area contributed by atoms with Crippen LogP contribution in [0.1, 0.15) is 72.6 Å². The number of allylic oxidation sites excluding steroid dienone is 3. The van der Waals surface area contributed by atoms with E-state index in [4.69, 9.17) is 9.47 Å². The average molecular weight is 399 g/mol. The zero-order chi connectivity index (χ0) is 21.0. The Morgan fingerprint density at radius 1 is 1.00 bits per heavy atom. The first kappa shape index (κ1) is 20.4. The lowest BCUT2D eigenvalue weighted by atomic mass is 9.47. The van der Waals surface area contributed by atoms with Gasteiger partial charge in [-0.25, -0.2) is 0 Å². The normalized spacial score (nSPS) is 40.6. The molecular formula is C25H34O4. The van der Waals surface area contributed by atoms with Crippen LogP contribution in [0, 0.1) is 28.6 Å². The van der Waals surface area contributed by atoms with Crippen LogP contribution in [-0.2, 0) is 19.1 Å². The number of ether oxygens (including phenoxy) is 2. The molecule has 158 valence electrons. The molecule has 0 heterocycles. The zero-order valence-electron chi connectivity index (χ0n) is 18.3.